The number of nitrogens with one attached hydrogen (secondary N) is 1. The Hall–Kier alpha value is -0.520. The predicted molar refractivity (Wildman–Crippen MR) is 70.4 cm³/mol. The zero-order valence-corrected chi connectivity index (χ0v) is 10.8. The molecular weight excluding hydrogens is 196 g/mol. The van der Waals surface area contributed by atoms with Crippen molar-refractivity contribution in [3.63, 3.8) is 0 Å². The molecule has 0 amide bonds. The van der Waals surface area contributed by atoms with Gasteiger partial charge in [-0.05, 0) is 25.3 Å². The van der Waals surface area contributed by atoms with E-state index in [0.717, 1.165) is 18.9 Å². The molecule has 1 saturated heterocycles. The smallest absolute Gasteiger partial charge is 0.0221 e. The third kappa shape index (κ3) is 4.55. The van der Waals surface area contributed by atoms with Crippen LogP contribution in [0.3, 0.4) is 0 Å². The quantitative estimate of drug-likeness (QED) is 0.547. The van der Waals surface area contributed by atoms with Crippen LogP contribution in [-0.2, 0) is 0 Å². The van der Waals surface area contributed by atoms with Gasteiger partial charge >= 0.3 is 0 Å². The molecule has 1 aliphatic rings. The van der Waals surface area contributed by atoms with Gasteiger partial charge in [-0.1, -0.05) is 20.3 Å². The number of nitrogens with zero attached hydrogens (tertiary/aromatic N) is 1. The van der Waals surface area contributed by atoms with Gasteiger partial charge in [0.25, 0.3) is 0 Å². The van der Waals surface area contributed by atoms with Crippen LogP contribution < -0.4 is 5.32 Å². The van der Waals surface area contributed by atoms with Gasteiger partial charge in [0.15, 0.2) is 0 Å². The largest absolute Gasteiger partial charge is 0.311 e. The third-order valence-electron chi connectivity index (χ3n) is 3.67. The second-order valence-electron chi connectivity index (χ2n) is 4.91. The maximum absolute atomic E-state index is 5.25. The van der Waals surface area contributed by atoms with E-state index in [2.05, 4.69) is 30.0 Å². The number of unbranched alkanes of at least 4 members (excludes halogenated alkanes) is 2. The predicted octanol–water partition coefficient (Wildman–Crippen LogP) is 2.11. The number of piperazine rings is 1. The second-order valence-corrected chi connectivity index (χ2v) is 4.91. The van der Waals surface area contributed by atoms with Crippen molar-refractivity contribution in [3.05, 3.63) is 0 Å². The van der Waals surface area contributed by atoms with Crippen molar-refractivity contribution in [2.75, 3.05) is 26.2 Å². The normalized spacial score (nSPS) is 23.9. The highest BCUT2D eigenvalue weighted by Gasteiger charge is 2.22. The summed E-state index contributed by atoms with van der Waals surface area (Å²) < 4.78 is 0. The molecule has 1 rings (SSSR count). The van der Waals surface area contributed by atoms with E-state index in [1.165, 1.54) is 38.9 Å². The molecule has 0 aromatic carbocycles. The van der Waals surface area contributed by atoms with Gasteiger partial charge < -0.3 is 10.2 Å². The summed E-state index contributed by atoms with van der Waals surface area (Å²) in [6.45, 7) is 9.40. The fourth-order valence-electron chi connectivity index (χ4n) is 2.27. The summed E-state index contributed by atoms with van der Waals surface area (Å²) in [6.07, 6.45) is 9.87. The van der Waals surface area contributed by atoms with Gasteiger partial charge in [0.2, 0.25) is 0 Å². The highest BCUT2D eigenvalue weighted by Crippen LogP contribution is 2.12. The van der Waals surface area contributed by atoms with E-state index in [1.807, 2.05) is 0 Å². The molecule has 92 valence electrons. The van der Waals surface area contributed by atoms with Gasteiger partial charge in [-0.15, -0.1) is 12.3 Å². The van der Waals surface area contributed by atoms with Crippen molar-refractivity contribution in [1.82, 2.24) is 10.2 Å². The fourth-order valence-corrected chi connectivity index (χ4v) is 2.27. The van der Waals surface area contributed by atoms with Gasteiger partial charge in [-0.3, -0.25) is 0 Å². The zero-order chi connectivity index (χ0) is 11.8. The third-order valence-corrected chi connectivity index (χ3v) is 3.67. The lowest BCUT2D eigenvalue weighted by Crippen LogP contribution is -2.53. The van der Waals surface area contributed by atoms with Crippen molar-refractivity contribution in [1.29, 1.82) is 0 Å². The Morgan fingerprint density at radius 1 is 1.50 bits per heavy atom. The van der Waals surface area contributed by atoms with E-state index in [0.29, 0.717) is 6.04 Å². The minimum absolute atomic E-state index is 0.686. The molecule has 1 fully saturated rings. The standard InChI is InChI=1S/C14H26N2/c1-4-6-7-8-10-16-11-9-15-14(12-16)13(3)5-2/h1,13-15H,5-12H2,2-3H3. The number of hydrogen-bond donors (Lipinski definition) is 1. The van der Waals surface area contributed by atoms with Crippen LogP contribution in [-0.4, -0.2) is 37.1 Å². The molecule has 2 nitrogen and oxygen atoms in total. The molecule has 1 heterocycles. The summed E-state index contributed by atoms with van der Waals surface area (Å²) in [5, 5.41) is 3.63. The summed E-state index contributed by atoms with van der Waals surface area (Å²) in [7, 11) is 0. The first-order valence-corrected chi connectivity index (χ1v) is 6.67. The molecule has 2 heteroatoms. The highest BCUT2D eigenvalue weighted by atomic mass is 15.2. The van der Waals surface area contributed by atoms with Crippen molar-refractivity contribution in [2.24, 2.45) is 5.92 Å². The second kappa shape index (κ2) is 7.70. The summed E-state index contributed by atoms with van der Waals surface area (Å²) in [4.78, 5) is 2.59. The van der Waals surface area contributed by atoms with E-state index in [9.17, 15) is 0 Å². The number of rotatable bonds is 6. The molecule has 16 heavy (non-hydrogen) atoms. The molecule has 0 aliphatic carbocycles. The Balaban J connectivity index is 2.20. The highest BCUT2D eigenvalue weighted by molar-refractivity contribution is 4.84. The molecule has 1 aliphatic heterocycles. The topological polar surface area (TPSA) is 15.3 Å². The van der Waals surface area contributed by atoms with E-state index in [-0.39, 0.29) is 0 Å². The molecule has 2 unspecified atom stereocenters. The van der Waals surface area contributed by atoms with Gasteiger partial charge in [0, 0.05) is 32.1 Å². The lowest BCUT2D eigenvalue weighted by atomic mass is 9.97. The van der Waals surface area contributed by atoms with E-state index < -0.39 is 0 Å². The Kier molecular flexibility index (Phi) is 6.52. The van der Waals surface area contributed by atoms with Crippen LogP contribution in [0.1, 0.15) is 39.5 Å². The molecule has 0 aromatic rings. The van der Waals surface area contributed by atoms with Crippen LogP contribution >= 0.6 is 0 Å². The monoisotopic (exact) mass is 222 g/mol. The van der Waals surface area contributed by atoms with Gasteiger partial charge in [-0.25, -0.2) is 0 Å². The van der Waals surface area contributed by atoms with Gasteiger partial charge in [0.05, 0.1) is 0 Å². The summed E-state index contributed by atoms with van der Waals surface area (Å²) in [5.74, 6) is 3.50. The Morgan fingerprint density at radius 2 is 2.31 bits per heavy atom. The minimum Gasteiger partial charge on any atom is -0.311 e. The van der Waals surface area contributed by atoms with Gasteiger partial charge in [-0.2, -0.15) is 0 Å². The van der Waals surface area contributed by atoms with Crippen molar-refractivity contribution in [3.8, 4) is 12.3 Å². The molecule has 0 aromatic heterocycles. The van der Waals surface area contributed by atoms with Crippen LogP contribution in [0.2, 0.25) is 0 Å². The maximum Gasteiger partial charge on any atom is 0.0221 e. The molecule has 1 N–H and O–H groups in total. The lowest BCUT2D eigenvalue weighted by Gasteiger charge is -2.36. The Labute approximate surface area is 101 Å². The Bertz CT molecular complexity index is 219. The fraction of sp³-hybridized carbons (Fsp3) is 0.857. The SMILES string of the molecule is C#CCCCCN1CCNC(C(C)CC)C1. The van der Waals surface area contributed by atoms with Crippen LogP contribution in [0.4, 0.5) is 0 Å². The molecule has 0 bridgehead atoms. The van der Waals surface area contributed by atoms with Crippen LogP contribution in [0.25, 0.3) is 0 Å². The maximum atomic E-state index is 5.25. The zero-order valence-electron chi connectivity index (χ0n) is 10.8. The van der Waals surface area contributed by atoms with Crippen molar-refractivity contribution >= 4 is 0 Å². The van der Waals surface area contributed by atoms with Crippen LogP contribution in [0.5, 0.6) is 0 Å². The first kappa shape index (κ1) is 13.5. The molecule has 0 saturated carbocycles. The number of terminal acetylenes is 1. The lowest BCUT2D eigenvalue weighted by molar-refractivity contribution is 0.166. The summed E-state index contributed by atoms with van der Waals surface area (Å²) in [6, 6.07) is 0.686. The van der Waals surface area contributed by atoms with E-state index >= 15 is 0 Å². The van der Waals surface area contributed by atoms with Crippen LogP contribution in [0.15, 0.2) is 0 Å². The van der Waals surface area contributed by atoms with Crippen molar-refractivity contribution < 1.29 is 0 Å². The first-order valence-electron chi connectivity index (χ1n) is 6.67. The summed E-state index contributed by atoms with van der Waals surface area (Å²) in [5.41, 5.74) is 0. The summed E-state index contributed by atoms with van der Waals surface area (Å²) >= 11 is 0. The number of hydrogen-bond acceptors (Lipinski definition) is 2. The van der Waals surface area contributed by atoms with E-state index in [4.69, 9.17) is 6.42 Å². The average molecular weight is 222 g/mol. The molecule has 0 spiro atoms. The average Bonchev–Trinajstić information content (AvgIpc) is 2.34. The van der Waals surface area contributed by atoms with Crippen molar-refractivity contribution in [2.45, 2.75) is 45.6 Å². The van der Waals surface area contributed by atoms with E-state index in [1.54, 1.807) is 0 Å². The molecule has 2 atom stereocenters. The van der Waals surface area contributed by atoms with Gasteiger partial charge in [0.1, 0.15) is 0 Å². The van der Waals surface area contributed by atoms with Crippen LogP contribution in [0, 0.1) is 18.3 Å². The molecule has 0 radical (unpaired) electrons. The minimum atomic E-state index is 0.686. The Morgan fingerprint density at radius 3 is 3.00 bits per heavy atom. The first-order chi connectivity index (χ1) is 7.77. The molecular formula is C14H26N2.